The van der Waals surface area contributed by atoms with Gasteiger partial charge in [0.15, 0.2) is 0 Å². The molecule has 0 aliphatic heterocycles. The highest BCUT2D eigenvalue weighted by Crippen LogP contribution is 2.15. The van der Waals surface area contributed by atoms with Crippen molar-refractivity contribution in [2.75, 3.05) is 0 Å². The molecular weight excluding hydrogens is 229 g/mol. The van der Waals surface area contributed by atoms with Crippen molar-refractivity contribution in [1.29, 1.82) is 0 Å². The van der Waals surface area contributed by atoms with Gasteiger partial charge in [0.05, 0.1) is 0 Å². The quantitative estimate of drug-likeness (QED) is 0.792. The molecule has 0 bridgehead atoms. The van der Waals surface area contributed by atoms with Crippen LogP contribution in [0.3, 0.4) is 0 Å². The predicted octanol–water partition coefficient (Wildman–Crippen LogP) is 3.68. The normalized spacial score (nSPS) is 10.3. The van der Waals surface area contributed by atoms with Crippen LogP contribution in [0.2, 0.25) is 0 Å². The zero-order valence-corrected chi connectivity index (χ0v) is 8.79. The van der Waals surface area contributed by atoms with Gasteiger partial charge in [0.25, 0.3) is 0 Å². The van der Waals surface area contributed by atoms with Gasteiger partial charge in [0.1, 0.15) is 29.8 Å². The largest absolute Gasteiger partial charge is 0.489 e. The van der Waals surface area contributed by atoms with Crippen molar-refractivity contribution in [3.8, 4) is 5.75 Å². The molecule has 0 saturated heterocycles. The molecule has 2 aromatic rings. The first-order valence-electron chi connectivity index (χ1n) is 4.97. The van der Waals surface area contributed by atoms with Crippen molar-refractivity contribution in [2.24, 2.45) is 0 Å². The van der Waals surface area contributed by atoms with Crippen LogP contribution < -0.4 is 4.74 Å². The predicted molar refractivity (Wildman–Crippen MR) is 57.1 cm³/mol. The third-order valence-corrected chi connectivity index (χ3v) is 2.22. The monoisotopic (exact) mass is 238 g/mol. The third kappa shape index (κ3) is 3.00. The molecular formula is C13H9F3O. The lowest BCUT2D eigenvalue weighted by atomic mass is 10.2. The lowest BCUT2D eigenvalue weighted by Crippen LogP contribution is -1.99. The Labute approximate surface area is 96.5 Å². The Balaban J connectivity index is 2.04. The zero-order chi connectivity index (χ0) is 12.3. The summed E-state index contributed by atoms with van der Waals surface area (Å²) in [6.45, 7) is -0.0300. The topological polar surface area (TPSA) is 9.23 Å². The summed E-state index contributed by atoms with van der Waals surface area (Å²) in [6.07, 6.45) is 0. The van der Waals surface area contributed by atoms with E-state index in [0.29, 0.717) is 5.75 Å². The second-order valence-electron chi connectivity index (χ2n) is 3.48. The minimum Gasteiger partial charge on any atom is -0.489 e. The molecule has 17 heavy (non-hydrogen) atoms. The van der Waals surface area contributed by atoms with Crippen LogP contribution in [-0.2, 0) is 6.61 Å². The van der Waals surface area contributed by atoms with Crippen LogP contribution in [-0.4, -0.2) is 0 Å². The van der Waals surface area contributed by atoms with Gasteiger partial charge in [-0.25, -0.2) is 13.2 Å². The summed E-state index contributed by atoms with van der Waals surface area (Å²) >= 11 is 0. The van der Waals surface area contributed by atoms with Gasteiger partial charge in [0.2, 0.25) is 0 Å². The van der Waals surface area contributed by atoms with Crippen LogP contribution in [0.1, 0.15) is 5.56 Å². The first-order valence-corrected chi connectivity index (χ1v) is 4.97. The van der Waals surface area contributed by atoms with E-state index in [1.807, 2.05) is 0 Å². The Bertz CT molecular complexity index is 509. The highest BCUT2D eigenvalue weighted by atomic mass is 19.1. The fourth-order valence-electron chi connectivity index (χ4n) is 1.33. The minimum absolute atomic E-state index is 0.0300. The standard InChI is InChI=1S/C13H9F3O/c14-10-3-5-12(6-4-10)17-8-9-1-2-11(15)7-13(9)16/h1-7H,8H2. The highest BCUT2D eigenvalue weighted by Gasteiger charge is 2.04. The molecule has 0 unspecified atom stereocenters. The van der Waals surface area contributed by atoms with Crippen LogP contribution >= 0.6 is 0 Å². The molecule has 0 radical (unpaired) electrons. The van der Waals surface area contributed by atoms with Gasteiger partial charge in [-0.3, -0.25) is 0 Å². The van der Waals surface area contributed by atoms with Crippen LogP contribution in [0.15, 0.2) is 42.5 Å². The molecule has 88 valence electrons. The summed E-state index contributed by atoms with van der Waals surface area (Å²) < 4.78 is 43.7. The minimum atomic E-state index is -0.660. The van der Waals surface area contributed by atoms with E-state index in [4.69, 9.17) is 4.74 Å². The van der Waals surface area contributed by atoms with E-state index in [1.165, 1.54) is 30.3 Å². The summed E-state index contributed by atoms with van der Waals surface area (Å²) in [6, 6.07) is 8.64. The molecule has 0 spiro atoms. The second-order valence-corrected chi connectivity index (χ2v) is 3.48. The molecule has 2 aromatic carbocycles. The second kappa shape index (κ2) is 4.91. The average molecular weight is 238 g/mol. The number of benzene rings is 2. The molecule has 0 atom stereocenters. The molecule has 0 N–H and O–H groups in total. The van der Waals surface area contributed by atoms with Gasteiger partial charge >= 0.3 is 0 Å². The molecule has 0 aliphatic carbocycles. The van der Waals surface area contributed by atoms with Gasteiger partial charge in [-0.15, -0.1) is 0 Å². The van der Waals surface area contributed by atoms with Crippen molar-refractivity contribution in [1.82, 2.24) is 0 Å². The lowest BCUT2D eigenvalue weighted by Gasteiger charge is -2.07. The first kappa shape index (κ1) is 11.5. The number of hydrogen-bond donors (Lipinski definition) is 0. The molecule has 0 aromatic heterocycles. The van der Waals surface area contributed by atoms with Gasteiger partial charge in [0, 0.05) is 11.6 Å². The average Bonchev–Trinajstić information content (AvgIpc) is 2.30. The molecule has 0 fully saturated rings. The molecule has 0 aliphatic rings. The van der Waals surface area contributed by atoms with Gasteiger partial charge in [-0.1, -0.05) is 0 Å². The van der Waals surface area contributed by atoms with Crippen LogP contribution in [0.25, 0.3) is 0 Å². The van der Waals surface area contributed by atoms with Crippen molar-refractivity contribution in [3.63, 3.8) is 0 Å². The summed E-state index contributed by atoms with van der Waals surface area (Å²) in [5, 5.41) is 0. The lowest BCUT2D eigenvalue weighted by molar-refractivity contribution is 0.299. The van der Waals surface area contributed by atoms with E-state index >= 15 is 0 Å². The number of rotatable bonds is 3. The van der Waals surface area contributed by atoms with E-state index in [0.717, 1.165) is 12.1 Å². The van der Waals surface area contributed by atoms with Crippen LogP contribution in [0.5, 0.6) is 5.75 Å². The van der Waals surface area contributed by atoms with Crippen LogP contribution in [0.4, 0.5) is 13.2 Å². The third-order valence-electron chi connectivity index (χ3n) is 2.22. The summed E-state index contributed by atoms with van der Waals surface area (Å²) in [4.78, 5) is 0. The number of hydrogen-bond acceptors (Lipinski definition) is 1. The van der Waals surface area contributed by atoms with Crippen LogP contribution in [0, 0.1) is 17.5 Å². The maximum Gasteiger partial charge on any atom is 0.132 e. The maximum atomic E-state index is 13.2. The van der Waals surface area contributed by atoms with Gasteiger partial charge in [-0.05, 0) is 36.4 Å². The summed E-state index contributed by atoms with van der Waals surface area (Å²) in [5.74, 6) is -1.24. The van der Waals surface area contributed by atoms with Crippen molar-refractivity contribution in [2.45, 2.75) is 6.61 Å². The smallest absolute Gasteiger partial charge is 0.132 e. The van der Waals surface area contributed by atoms with Gasteiger partial charge < -0.3 is 4.74 Å². The van der Waals surface area contributed by atoms with E-state index in [9.17, 15) is 13.2 Å². The Morgan fingerprint density at radius 1 is 0.824 bits per heavy atom. The fraction of sp³-hybridized carbons (Fsp3) is 0.0769. The molecule has 1 nitrogen and oxygen atoms in total. The van der Waals surface area contributed by atoms with Crippen molar-refractivity contribution >= 4 is 0 Å². The van der Waals surface area contributed by atoms with Gasteiger partial charge in [-0.2, -0.15) is 0 Å². The fourth-order valence-corrected chi connectivity index (χ4v) is 1.33. The van der Waals surface area contributed by atoms with E-state index in [1.54, 1.807) is 0 Å². The van der Waals surface area contributed by atoms with Crippen molar-refractivity contribution < 1.29 is 17.9 Å². The van der Waals surface area contributed by atoms with Crippen molar-refractivity contribution in [3.05, 3.63) is 65.5 Å². The zero-order valence-electron chi connectivity index (χ0n) is 8.79. The molecule has 0 saturated carbocycles. The Morgan fingerprint density at radius 3 is 2.12 bits per heavy atom. The van der Waals surface area contributed by atoms with E-state index < -0.39 is 11.6 Å². The Morgan fingerprint density at radius 2 is 1.47 bits per heavy atom. The number of halogens is 3. The SMILES string of the molecule is Fc1ccc(OCc2ccc(F)cc2F)cc1. The number of ether oxygens (including phenoxy) is 1. The van der Waals surface area contributed by atoms with E-state index in [2.05, 4.69) is 0 Å². The van der Waals surface area contributed by atoms with E-state index in [-0.39, 0.29) is 18.0 Å². The molecule has 0 amide bonds. The Kier molecular flexibility index (Phi) is 3.32. The first-order chi connectivity index (χ1) is 8.15. The highest BCUT2D eigenvalue weighted by molar-refractivity contribution is 5.23. The Hall–Kier alpha value is -1.97. The summed E-state index contributed by atoms with van der Waals surface area (Å²) in [5.41, 5.74) is 0.246. The molecule has 2 rings (SSSR count). The summed E-state index contributed by atoms with van der Waals surface area (Å²) in [7, 11) is 0. The molecule has 0 heterocycles. The molecule has 4 heteroatoms. The maximum absolute atomic E-state index is 13.2.